The Kier molecular flexibility index (Phi) is 5.10. The van der Waals surface area contributed by atoms with Crippen LogP contribution in [0, 0.1) is 11.7 Å². The first-order valence-corrected chi connectivity index (χ1v) is 5.80. The van der Waals surface area contributed by atoms with Gasteiger partial charge in [-0.05, 0) is 37.6 Å². The molecule has 0 bridgehead atoms. The van der Waals surface area contributed by atoms with E-state index in [1.54, 1.807) is 12.1 Å². The molecule has 1 aromatic carbocycles. The molecule has 0 radical (unpaired) electrons. The highest BCUT2D eigenvalue weighted by atomic mass is 19.1. The van der Waals surface area contributed by atoms with Crippen molar-refractivity contribution >= 4 is 5.91 Å². The number of nitrogens with two attached hydrogens (primary N) is 1. The van der Waals surface area contributed by atoms with Gasteiger partial charge in [0.05, 0.1) is 6.04 Å². The second-order valence-corrected chi connectivity index (χ2v) is 4.26. The first-order chi connectivity index (χ1) is 8.04. The molecule has 0 aliphatic heterocycles. The van der Waals surface area contributed by atoms with Crippen LogP contribution in [0.25, 0.3) is 0 Å². The summed E-state index contributed by atoms with van der Waals surface area (Å²) in [6.45, 7) is 4.16. The van der Waals surface area contributed by atoms with Crippen molar-refractivity contribution in [1.82, 2.24) is 5.32 Å². The Bertz CT molecular complexity index is 381. The van der Waals surface area contributed by atoms with Crippen molar-refractivity contribution in [1.29, 1.82) is 0 Å². The van der Waals surface area contributed by atoms with Crippen LogP contribution in [-0.4, -0.2) is 12.5 Å². The summed E-state index contributed by atoms with van der Waals surface area (Å²) >= 11 is 0. The molecule has 0 spiro atoms. The van der Waals surface area contributed by atoms with Gasteiger partial charge in [0.1, 0.15) is 5.82 Å². The lowest BCUT2D eigenvalue weighted by molar-refractivity contribution is -0.125. The number of benzene rings is 1. The third-order valence-corrected chi connectivity index (χ3v) is 2.75. The zero-order valence-electron chi connectivity index (χ0n) is 10.2. The van der Waals surface area contributed by atoms with Crippen LogP contribution in [0.5, 0.6) is 0 Å². The molecule has 0 fully saturated rings. The summed E-state index contributed by atoms with van der Waals surface area (Å²) in [5, 5.41) is 2.85. The standard InChI is InChI=1S/C13H19FN2O/c1-9(6-7-15)13(17)16-10(2)11-4-3-5-12(14)8-11/h3-5,8-10H,6-7,15H2,1-2H3,(H,16,17). The van der Waals surface area contributed by atoms with E-state index in [0.29, 0.717) is 13.0 Å². The Morgan fingerprint density at radius 1 is 1.47 bits per heavy atom. The van der Waals surface area contributed by atoms with Crippen LogP contribution in [0.4, 0.5) is 4.39 Å². The lowest BCUT2D eigenvalue weighted by Gasteiger charge is -2.17. The zero-order valence-corrected chi connectivity index (χ0v) is 10.2. The van der Waals surface area contributed by atoms with Crippen molar-refractivity contribution in [2.75, 3.05) is 6.54 Å². The Morgan fingerprint density at radius 2 is 2.18 bits per heavy atom. The van der Waals surface area contributed by atoms with E-state index in [9.17, 15) is 9.18 Å². The largest absolute Gasteiger partial charge is 0.349 e. The average Bonchev–Trinajstić information content (AvgIpc) is 2.29. The normalized spacial score (nSPS) is 14.1. The number of hydrogen-bond donors (Lipinski definition) is 2. The lowest BCUT2D eigenvalue weighted by Crippen LogP contribution is -2.32. The minimum atomic E-state index is -0.293. The van der Waals surface area contributed by atoms with E-state index in [1.807, 2.05) is 13.8 Å². The highest BCUT2D eigenvalue weighted by molar-refractivity contribution is 5.78. The summed E-state index contributed by atoms with van der Waals surface area (Å²) in [7, 11) is 0. The Morgan fingerprint density at radius 3 is 2.76 bits per heavy atom. The molecule has 1 rings (SSSR count). The third kappa shape index (κ3) is 4.15. The molecule has 0 aliphatic carbocycles. The molecule has 3 N–H and O–H groups in total. The van der Waals surface area contributed by atoms with Gasteiger partial charge in [0.15, 0.2) is 0 Å². The van der Waals surface area contributed by atoms with Crippen LogP contribution in [0.3, 0.4) is 0 Å². The maximum Gasteiger partial charge on any atom is 0.223 e. The molecule has 2 unspecified atom stereocenters. The SMILES string of the molecule is CC(CCN)C(=O)NC(C)c1cccc(F)c1. The average molecular weight is 238 g/mol. The van der Waals surface area contributed by atoms with Crippen molar-refractivity contribution in [2.45, 2.75) is 26.3 Å². The molecule has 0 saturated carbocycles. The first-order valence-electron chi connectivity index (χ1n) is 5.80. The summed E-state index contributed by atoms with van der Waals surface area (Å²) in [6, 6.07) is 6.05. The molecule has 3 nitrogen and oxygen atoms in total. The molecule has 0 aliphatic rings. The highest BCUT2D eigenvalue weighted by Crippen LogP contribution is 2.14. The second kappa shape index (κ2) is 6.35. The van der Waals surface area contributed by atoms with Gasteiger partial charge < -0.3 is 11.1 Å². The van der Waals surface area contributed by atoms with Gasteiger partial charge >= 0.3 is 0 Å². The van der Waals surface area contributed by atoms with Crippen molar-refractivity contribution in [3.05, 3.63) is 35.6 Å². The molecule has 94 valence electrons. The lowest BCUT2D eigenvalue weighted by atomic mass is 10.0. The molecule has 0 heterocycles. The van der Waals surface area contributed by atoms with Crippen molar-refractivity contribution in [3.63, 3.8) is 0 Å². The van der Waals surface area contributed by atoms with E-state index in [2.05, 4.69) is 5.32 Å². The van der Waals surface area contributed by atoms with Crippen LogP contribution in [0.2, 0.25) is 0 Å². The summed E-state index contributed by atoms with van der Waals surface area (Å²) in [5.74, 6) is -0.457. The number of carbonyl (C=O) groups excluding carboxylic acids is 1. The fraction of sp³-hybridized carbons (Fsp3) is 0.462. The predicted octanol–water partition coefficient (Wildman–Crippen LogP) is 1.99. The van der Waals surface area contributed by atoms with Gasteiger partial charge in [-0.15, -0.1) is 0 Å². The Hall–Kier alpha value is -1.42. The third-order valence-electron chi connectivity index (χ3n) is 2.75. The smallest absolute Gasteiger partial charge is 0.223 e. The van der Waals surface area contributed by atoms with E-state index in [1.165, 1.54) is 12.1 Å². The van der Waals surface area contributed by atoms with Gasteiger partial charge in [-0.25, -0.2) is 4.39 Å². The molecule has 4 heteroatoms. The minimum absolute atomic E-state index is 0.0489. The van der Waals surface area contributed by atoms with E-state index in [-0.39, 0.29) is 23.7 Å². The van der Waals surface area contributed by atoms with E-state index < -0.39 is 0 Å². The van der Waals surface area contributed by atoms with E-state index in [0.717, 1.165) is 5.56 Å². The van der Waals surface area contributed by atoms with Crippen LogP contribution >= 0.6 is 0 Å². The molecule has 17 heavy (non-hydrogen) atoms. The predicted molar refractivity (Wildman–Crippen MR) is 65.8 cm³/mol. The topological polar surface area (TPSA) is 55.1 Å². The monoisotopic (exact) mass is 238 g/mol. The summed E-state index contributed by atoms with van der Waals surface area (Å²) in [5.41, 5.74) is 6.16. The zero-order chi connectivity index (χ0) is 12.8. The van der Waals surface area contributed by atoms with E-state index >= 15 is 0 Å². The quantitative estimate of drug-likeness (QED) is 0.824. The maximum absolute atomic E-state index is 13.0. The Labute approximate surface area is 101 Å². The maximum atomic E-state index is 13.0. The summed E-state index contributed by atoms with van der Waals surface area (Å²) in [4.78, 5) is 11.7. The molecular formula is C13H19FN2O. The summed E-state index contributed by atoms with van der Waals surface area (Å²) < 4.78 is 13.0. The van der Waals surface area contributed by atoms with Crippen molar-refractivity contribution in [2.24, 2.45) is 11.7 Å². The van der Waals surface area contributed by atoms with Gasteiger partial charge in [0, 0.05) is 5.92 Å². The van der Waals surface area contributed by atoms with Gasteiger partial charge in [0.25, 0.3) is 0 Å². The van der Waals surface area contributed by atoms with E-state index in [4.69, 9.17) is 5.73 Å². The van der Waals surface area contributed by atoms with Crippen LogP contribution < -0.4 is 11.1 Å². The Balaban J connectivity index is 2.60. The second-order valence-electron chi connectivity index (χ2n) is 4.26. The molecule has 1 amide bonds. The van der Waals surface area contributed by atoms with Gasteiger partial charge in [0.2, 0.25) is 5.91 Å². The molecular weight excluding hydrogens is 219 g/mol. The van der Waals surface area contributed by atoms with Gasteiger partial charge in [-0.2, -0.15) is 0 Å². The first kappa shape index (κ1) is 13.6. The minimum Gasteiger partial charge on any atom is -0.349 e. The number of halogens is 1. The fourth-order valence-corrected chi connectivity index (χ4v) is 1.60. The molecule has 1 aromatic rings. The number of amides is 1. The number of hydrogen-bond acceptors (Lipinski definition) is 2. The van der Waals surface area contributed by atoms with Gasteiger partial charge in [-0.3, -0.25) is 4.79 Å². The van der Waals surface area contributed by atoms with Crippen LogP contribution in [0.15, 0.2) is 24.3 Å². The highest BCUT2D eigenvalue weighted by Gasteiger charge is 2.15. The van der Waals surface area contributed by atoms with Gasteiger partial charge in [-0.1, -0.05) is 19.1 Å². The van der Waals surface area contributed by atoms with Crippen molar-refractivity contribution < 1.29 is 9.18 Å². The number of nitrogens with one attached hydrogen (secondary N) is 1. The van der Waals surface area contributed by atoms with Crippen LogP contribution in [0.1, 0.15) is 31.9 Å². The molecule has 0 aromatic heterocycles. The molecule has 2 atom stereocenters. The molecule has 0 saturated heterocycles. The fourth-order valence-electron chi connectivity index (χ4n) is 1.60. The van der Waals surface area contributed by atoms with Crippen molar-refractivity contribution in [3.8, 4) is 0 Å². The number of rotatable bonds is 5. The van der Waals surface area contributed by atoms with Crippen LogP contribution in [-0.2, 0) is 4.79 Å². The summed E-state index contributed by atoms with van der Waals surface area (Å²) in [6.07, 6.45) is 0.654. The number of carbonyl (C=O) groups is 1.